The number of aromatic nitrogens is 2. The summed E-state index contributed by atoms with van der Waals surface area (Å²) < 4.78 is 19.9. The van der Waals surface area contributed by atoms with Crippen LogP contribution in [-0.4, -0.2) is 28.4 Å². The third kappa shape index (κ3) is 5.72. The van der Waals surface area contributed by atoms with E-state index in [1.54, 1.807) is 36.7 Å². The normalized spacial score (nSPS) is 11.1. The minimum absolute atomic E-state index is 0.343. The monoisotopic (exact) mass is 594 g/mol. The van der Waals surface area contributed by atoms with Gasteiger partial charge in [-0.1, -0.05) is 43.0 Å². The predicted octanol–water partition coefficient (Wildman–Crippen LogP) is 9.15. The van der Waals surface area contributed by atoms with Crippen LogP contribution in [0.1, 0.15) is 12.5 Å². The molecular formula is C33H26N2O3S3. The Morgan fingerprint density at radius 1 is 0.732 bits per heavy atom. The Hall–Kier alpha value is -4.11. The number of thiophene rings is 2. The van der Waals surface area contributed by atoms with Gasteiger partial charge in [0.05, 0.1) is 25.4 Å². The van der Waals surface area contributed by atoms with Gasteiger partial charge in [-0.05, 0) is 72.1 Å². The molecule has 6 aromatic rings. The lowest BCUT2D eigenvalue weighted by atomic mass is 10.1. The van der Waals surface area contributed by atoms with E-state index in [9.17, 15) is 4.79 Å². The van der Waals surface area contributed by atoms with Crippen molar-refractivity contribution >= 4 is 51.4 Å². The highest BCUT2D eigenvalue weighted by Crippen LogP contribution is 2.42. The fraction of sp³-hybridized carbons (Fsp3) is 0.121. The Balaban J connectivity index is 1.21. The summed E-state index contributed by atoms with van der Waals surface area (Å²) in [4.78, 5) is 16.3. The quantitative estimate of drug-likeness (QED) is 0.123. The van der Waals surface area contributed by atoms with E-state index in [0.29, 0.717) is 18.6 Å². The molecule has 41 heavy (non-hydrogen) atoms. The molecule has 0 saturated heterocycles. The maximum atomic E-state index is 11.6. The van der Waals surface area contributed by atoms with Crippen molar-refractivity contribution in [1.29, 1.82) is 0 Å². The highest BCUT2D eigenvalue weighted by molar-refractivity contribution is 7.19. The van der Waals surface area contributed by atoms with Crippen LogP contribution in [0.15, 0.2) is 97.1 Å². The first-order valence-electron chi connectivity index (χ1n) is 13.0. The van der Waals surface area contributed by atoms with Gasteiger partial charge >= 0.3 is 5.97 Å². The van der Waals surface area contributed by atoms with E-state index in [4.69, 9.17) is 18.2 Å². The fourth-order valence-electron chi connectivity index (χ4n) is 4.52. The van der Waals surface area contributed by atoms with E-state index in [0.717, 1.165) is 49.5 Å². The first-order chi connectivity index (χ1) is 20.0. The molecule has 0 radical (unpaired) electrons. The van der Waals surface area contributed by atoms with Crippen LogP contribution < -0.4 is 4.74 Å². The second kappa shape index (κ2) is 11.8. The Morgan fingerprint density at radius 2 is 1.24 bits per heavy atom. The highest BCUT2D eigenvalue weighted by Gasteiger charge is 2.17. The highest BCUT2D eigenvalue weighted by atomic mass is 32.1. The molecule has 0 aliphatic carbocycles. The van der Waals surface area contributed by atoms with Gasteiger partial charge in [0.15, 0.2) is 0 Å². The molecule has 0 aliphatic heterocycles. The van der Waals surface area contributed by atoms with Crippen molar-refractivity contribution in [2.45, 2.75) is 13.3 Å². The number of methoxy groups -OCH3 is 1. The zero-order valence-corrected chi connectivity index (χ0v) is 25.0. The molecule has 204 valence electrons. The fourth-order valence-corrected chi connectivity index (χ4v) is 7.16. The summed E-state index contributed by atoms with van der Waals surface area (Å²) in [6, 6.07) is 29.5. The first kappa shape index (κ1) is 27.1. The van der Waals surface area contributed by atoms with Gasteiger partial charge in [0.2, 0.25) is 0 Å². The molecule has 0 atom stereocenters. The molecule has 0 fully saturated rings. The van der Waals surface area contributed by atoms with Crippen LogP contribution >= 0.6 is 34.4 Å². The largest absolute Gasteiger partial charge is 0.497 e. The smallest absolute Gasteiger partial charge is 0.333 e. The van der Waals surface area contributed by atoms with Crippen LogP contribution in [-0.2, 0) is 16.0 Å². The molecule has 0 bridgehead atoms. The summed E-state index contributed by atoms with van der Waals surface area (Å²) in [7, 11) is 1.68. The van der Waals surface area contributed by atoms with Gasteiger partial charge in [0.25, 0.3) is 0 Å². The van der Waals surface area contributed by atoms with Crippen molar-refractivity contribution in [1.82, 2.24) is 8.75 Å². The van der Waals surface area contributed by atoms with Crippen molar-refractivity contribution in [2.24, 2.45) is 0 Å². The van der Waals surface area contributed by atoms with E-state index >= 15 is 0 Å². The molecule has 8 heteroatoms. The van der Waals surface area contributed by atoms with E-state index in [-0.39, 0.29) is 5.97 Å². The molecule has 0 saturated carbocycles. The minimum Gasteiger partial charge on any atom is -0.497 e. The molecule has 0 unspecified atom stereocenters. The predicted molar refractivity (Wildman–Crippen MR) is 171 cm³/mol. The number of fused-ring (bicyclic) bond motifs is 1. The summed E-state index contributed by atoms with van der Waals surface area (Å²) in [6.07, 6.45) is 0.669. The number of hydrogen-bond donors (Lipinski definition) is 0. The molecule has 0 aliphatic rings. The topological polar surface area (TPSA) is 61.3 Å². The van der Waals surface area contributed by atoms with Gasteiger partial charge in [-0.3, -0.25) is 0 Å². The van der Waals surface area contributed by atoms with Crippen LogP contribution in [0.4, 0.5) is 0 Å². The number of benzene rings is 3. The molecular weight excluding hydrogens is 569 g/mol. The summed E-state index contributed by atoms with van der Waals surface area (Å²) in [6.45, 7) is 5.61. The number of nitrogens with zero attached hydrogens (tertiary/aromatic N) is 2. The molecule has 6 rings (SSSR count). The maximum absolute atomic E-state index is 11.6. The number of ether oxygens (including phenoxy) is 2. The SMILES string of the molecule is C=C(C)C(=O)OCCc1ccc(-c2ccc(-c3ccc(-c4ccc(-c5ccc(OC)cc5)s4)c4nsnc34)s2)cc1. The van der Waals surface area contributed by atoms with Crippen LogP contribution in [0.5, 0.6) is 5.75 Å². The Bertz CT molecular complexity index is 1850. The van der Waals surface area contributed by atoms with Crippen LogP contribution in [0.25, 0.3) is 52.8 Å². The Morgan fingerprint density at radius 3 is 1.76 bits per heavy atom. The summed E-state index contributed by atoms with van der Waals surface area (Å²) >= 11 is 4.75. The standard InChI is InChI=1S/C33H26N2O3S3/c1-20(2)33(36)38-19-18-21-4-6-22(7-5-21)27-14-16-29(39-27)25-12-13-26(32-31(25)34-41-35-32)30-17-15-28(40-30)23-8-10-24(37-3)11-9-23/h4-17H,1,18-19H2,2-3H3. The second-order valence-corrected chi connectivity index (χ2v) is 12.2. The van der Waals surface area contributed by atoms with Gasteiger partial charge in [-0.2, -0.15) is 8.75 Å². The lowest BCUT2D eigenvalue weighted by Crippen LogP contribution is -2.07. The van der Waals surface area contributed by atoms with E-state index in [2.05, 4.69) is 79.4 Å². The second-order valence-electron chi connectivity index (χ2n) is 9.54. The van der Waals surface area contributed by atoms with Gasteiger partial charge in [0, 0.05) is 42.6 Å². The molecule has 0 amide bonds. The van der Waals surface area contributed by atoms with Crippen molar-refractivity contribution in [3.05, 3.63) is 103 Å². The zero-order valence-electron chi connectivity index (χ0n) is 22.5. The lowest BCUT2D eigenvalue weighted by molar-refractivity contribution is -0.138. The summed E-state index contributed by atoms with van der Waals surface area (Å²) in [5.74, 6) is 0.503. The molecule has 0 spiro atoms. The number of carbonyl (C=O) groups is 1. The number of esters is 1. The third-order valence-electron chi connectivity index (χ3n) is 6.74. The number of rotatable bonds is 9. The van der Waals surface area contributed by atoms with Crippen molar-refractivity contribution in [3.8, 4) is 47.5 Å². The molecule has 0 N–H and O–H groups in total. The average Bonchev–Trinajstić information content (AvgIpc) is 3.78. The Labute approximate surface area is 250 Å². The van der Waals surface area contributed by atoms with Crippen LogP contribution in [0.3, 0.4) is 0 Å². The first-order valence-corrected chi connectivity index (χ1v) is 15.4. The van der Waals surface area contributed by atoms with Gasteiger partial charge < -0.3 is 9.47 Å². The number of carbonyl (C=O) groups excluding carboxylic acids is 1. The average molecular weight is 595 g/mol. The van der Waals surface area contributed by atoms with Crippen LogP contribution in [0.2, 0.25) is 0 Å². The minimum atomic E-state index is -0.348. The Kier molecular flexibility index (Phi) is 7.78. The van der Waals surface area contributed by atoms with E-state index in [1.165, 1.54) is 26.4 Å². The molecule has 3 heterocycles. The molecule has 3 aromatic carbocycles. The van der Waals surface area contributed by atoms with Gasteiger partial charge in [-0.25, -0.2) is 4.79 Å². The summed E-state index contributed by atoms with van der Waals surface area (Å²) in [5.41, 5.74) is 7.91. The van der Waals surface area contributed by atoms with Gasteiger partial charge in [-0.15, -0.1) is 22.7 Å². The molecule has 5 nitrogen and oxygen atoms in total. The van der Waals surface area contributed by atoms with Gasteiger partial charge in [0.1, 0.15) is 16.8 Å². The summed E-state index contributed by atoms with van der Waals surface area (Å²) in [5, 5.41) is 0. The van der Waals surface area contributed by atoms with Crippen molar-refractivity contribution in [2.75, 3.05) is 13.7 Å². The van der Waals surface area contributed by atoms with E-state index in [1.807, 2.05) is 12.1 Å². The van der Waals surface area contributed by atoms with E-state index < -0.39 is 0 Å². The van der Waals surface area contributed by atoms with Crippen molar-refractivity contribution in [3.63, 3.8) is 0 Å². The maximum Gasteiger partial charge on any atom is 0.333 e. The lowest BCUT2D eigenvalue weighted by Gasteiger charge is -2.05. The molecule has 3 aromatic heterocycles. The van der Waals surface area contributed by atoms with Crippen molar-refractivity contribution < 1.29 is 14.3 Å². The van der Waals surface area contributed by atoms with Crippen LogP contribution in [0, 0.1) is 0 Å². The number of hydrogen-bond acceptors (Lipinski definition) is 8. The third-order valence-corrected chi connectivity index (χ3v) is 9.61. The zero-order chi connectivity index (χ0) is 28.3.